The number of anilines is 1. The van der Waals surface area contributed by atoms with Gasteiger partial charge in [-0.25, -0.2) is 4.39 Å². The molecule has 1 aromatic carbocycles. The summed E-state index contributed by atoms with van der Waals surface area (Å²) in [4.78, 5) is 1.86. The van der Waals surface area contributed by atoms with Crippen LogP contribution in [0.5, 0.6) is 0 Å². The molecule has 0 saturated carbocycles. The van der Waals surface area contributed by atoms with Crippen LogP contribution in [-0.2, 0) is 0 Å². The first-order valence-corrected chi connectivity index (χ1v) is 6.01. The summed E-state index contributed by atoms with van der Waals surface area (Å²) >= 11 is 0. The molecule has 0 radical (unpaired) electrons. The lowest BCUT2D eigenvalue weighted by Gasteiger charge is -2.27. The molecule has 0 aromatic heterocycles. The minimum Gasteiger partial charge on any atom is -0.395 e. The Kier molecular flexibility index (Phi) is 5.38. The Hall–Kier alpha value is -1.13. The summed E-state index contributed by atoms with van der Waals surface area (Å²) < 4.78 is 13.9. The summed E-state index contributed by atoms with van der Waals surface area (Å²) in [6.45, 7) is 5.00. The molecule has 0 fully saturated rings. The number of para-hydroxylation sites is 1. The van der Waals surface area contributed by atoms with Gasteiger partial charge in [0, 0.05) is 19.1 Å². The SMILES string of the molecule is CCCN(CCO)c1c(F)cccc1[C@H](C)N. The summed E-state index contributed by atoms with van der Waals surface area (Å²) in [6, 6.07) is 4.71. The number of halogens is 1. The summed E-state index contributed by atoms with van der Waals surface area (Å²) in [5.41, 5.74) is 7.17. The number of hydrogen-bond acceptors (Lipinski definition) is 3. The van der Waals surface area contributed by atoms with Crippen LogP contribution in [-0.4, -0.2) is 24.8 Å². The van der Waals surface area contributed by atoms with Crippen LogP contribution in [0.4, 0.5) is 10.1 Å². The molecule has 17 heavy (non-hydrogen) atoms. The number of nitrogens with two attached hydrogens (primary N) is 1. The van der Waals surface area contributed by atoms with Gasteiger partial charge >= 0.3 is 0 Å². The van der Waals surface area contributed by atoms with Crippen LogP contribution < -0.4 is 10.6 Å². The maximum atomic E-state index is 13.9. The van der Waals surface area contributed by atoms with Crippen molar-refractivity contribution in [3.63, 3.8) is 0 Å². The molecule has 0 unspecified atom stereocenters. The number of nitrogens with zero attached hydrogens (tertiary/aromatic N) is 1. The molecule has 0 aliphatic heterocycles. The fraction of sp³-hybridized carbons (Fsp3) is 0.538. The second kappa shape index (κ2) is 6.57. The molecule has 1 atom stereocenters. The summed E-state index contributed by atoms with van der Waals surface area (Å²) in [6.07, 6.45) is 0.896. The standard InChI is InChI=1S/C13H21FN2O/c1-3-7-16(8-9-17)13-11(10(2)15)5-4-6-12(13)14/h4-6,10,17H,3,7-9,15H2,1-2H3/t10-/m0/s1. The average Bonchev–Trinajstić information content (AvgIpc) is 2.28. The third kappa shape index (κ3) is 3.41. The van der Waals surface area contributed by atoms with Crippen LogP contribution >= 0.6 is 0 Å². The Bertz CT molecular complexity index is 349. The highest BCUT2D eigenvalue weighted by molar-refractivity contribution is 5.56. The molecule has 0 aliphatic carbocycles. The van der Waals surface area contributed by atoms with Gasteiger partial charge in [-0.15, -0.1) is 0 Å². The van der Waals surface area contributed by atoms with Crippen molar-refractivity contribution < 1.29 is 9.50 Å². The van der Waals surface area contributed by atoms with Gasteiger partial charge in [0.25, 0.3) is 0 Å². The first-order chi connectivity index (χ1) is 8.11. The Balaban J connectivity index is 3.14. The van der Waals surface area contributed by atoms with E-state index in [4.69, 9.17) is 10.8 Å². The minimum absolute atomic E-state index is 0.00667. The van der Waals surface area contributed by atoms with Crippen LogP contribution in [0.2, 0.25) is 0 Å². The lowest BCUT2D eigenvalue weighted by Crippen LogP contribution is -2.30. The topological polar surface area (TPSA) is 49.5 Å². The third-order valence-electron chi connectivity index (χ3n) is 2.69. The zero-order valence-corrected chi connectivity index (χ0v) is 10.5. The highest BCUT2D eigenvalue weighted by Gasteiger charge is 2.17. The van der Waals surface area contributed by atoms with E-state index in [0.717, 1.165) is 12.0 Å². The first kappa shape index (κ1) is 13.9. The Morgan fingerprint density at radius 1 is 1.41 bits per heavy atom. The van der Waals surface area contributed by atoms with E-state index in [9.17, 15) is 4.39 Å². The van der Waals surface area contributed by atoms with Gasteiger partial charge in [-0.3, -0.25) is 0 Å². The van der Waals surface area contributed by atoms with Gasteiger partial charge in [0.1, 0.15) is 5.82 Å². The van der Waals surface area contributed by atoms with Crippen molar-refractivity contribution in [3.8, 4) is 0 Å². The molecule has 4 heteroatoms. The molecule has 0 bridgehead atoms. The largest absolute Gasteiger partial charge is 0.395 e. The lowest BCUT2D eigenvalue weighted by atomic mass is 10.0. The number of rotatable bonds is 6. The molecule has 0 aliphatic rings. The van der Waals surface area contributed by atoms with Crippen molar-refractivity contribution in [2.75, 3.05) is 24.6 Å². The predicted molar refractivity (Wildman–Crippen MR) is 68.6 cm³/mol. The Morgan fingerprint density at radius 3 is 2.65 bits per heavy atom. The molecule has 0 spiro atoms. The smallest absolute Gasteiger partial charge is 0.146 e. The molecule has 3 N–H and O–H groups in total. The molecule has 0 amide bonds. The van der Waals surface area contributed by atoms with E-state index in [1.54, 1.807) is 6.07 Å². The van der Waals surface area contributed by atoms with Crippen LogP contribution in [0.3, 0.4) is 0 Å². The van der Waals surface area contributed by atoms with Gasteiger partial charge in [-0.1, -0.05) is 19.1 Å². The highest BCUT2D eigenvalue weighted by Crippen LogP contribution is 2.28. The molecule has 1 aromatic rings. The van der Waals surface area contributed by atoms with Crippen molar-refractivity contribution in [1.82, 2.24) is 0 Å². The molecular weight excluding hydrogens is 219 g/mol. The molecule has 0 heterocycles. The molecule has 3 nitrogen and oxygen atoms in total. The van der Waals surface area contributed by atoms with E-state index in [1.807, 2.05) is 24.8 Å². The van der Waals surface area contributed by atoms with E-state index >= 15 is 0 Å². The number of aliphatic hydroxyl groups is 1. The van der Waals surface area contributed by atoms with E-state index < -0.39 is 0 Å². The molecule has 1 rings (SSSR count). The summed E-state index contributed by atoms with van der Waals surface area (Å²) in [7, 11) is 0. The van der Waals surface area contributed by atoms with Gasteiger partial charge < -0.3 is 15.7 Å². The van der Waals surface area contributed by atoms with Crippen LogP contribution in [0.15, 0.2) is 18.2 Å². The Labute approximate surface area is 102 Å². The highest BCUT2D eigenvalue weighted by atomic mass is 19.1. The van der Waals surface area contributed by atoms with E-state index in [-0.39, 0.29) is 18.5 Å². The summed E-state index contributed by atoms with van der Waals surface area (Å²) in [5, 5.41) is 9.05. The van der Waals surface area contributed by atoms with Crippen LogP contribution in [0.25, 0.3) is 0 Å². The lowest BCUT2D eigenvalue weighted by molar-refractivity contribution is 0.301. The van der Waals surface area contributed by atoms with Crippen molar-refractivity contribution >= 4 is 5.69 Å². The first-order valence-electron chi connectivity index (χ1n) is 6.01. The van der Waals surface area contributed by atoms with E-state index in [1.165, 1.54) is 6.07 Å². The molecule has 0 saturated heterocycles. The monoisotopic (exact) mass is 240 g/mol. The average molecular weight is 240 g/mol. The number of aliphatic hydroxyl groups excluding tert-OH is 1. The van der Waals surface area contributed by atoms with Crippen molar-refractivity contribution in [2.24, 2.45) is 5.73 Å². The maximum Gasteiger partial charge on any atom is 0.146 e. The van der Waals surface area contributed by atoms with E-state index in [0.29, 0.717) is 18.8 Å². The van der Waals surface area contributed by atoms with Gasteiger partial charge in [0.05, 0.1) is 12.3 Å². The normalized spacial score (nSPS) is 12.5. The predicted octanol–water partition coefficient (Wildman–Crippen LogP) is 2.05. The second-order valence-electron chi connectivity index (χ2n) is 4.18. The van der Waals surface area contributed by atoms with Gasteiger partial charge in [-0.2, -0.15) is 0 Å². The maximum absolute atomic E-state index is 13.9. The number of benzene rings is 1. The molecular formula is C13H21FN2O. The summed E-state index contributed by atoms with van der Waals surface area (Å²) in [5.74, 6) is -0.276. The van der Waals surface area contributed by atoms with E-state index in [2.05, 4.69) is 0 Å². The van der Waals surface area contributed by atoms with Crippen molar-refractivity contribution in [1.29, 1.82) is 0 Å². The number of hydrogen-bond donors (Lipinski definition) is 2. The van der Waals surface area contributed by atoms with Crippen molar-refractivity contribution in [2.45, 2.75) is 26.3 Å². The van der Waals surface area contributed by atoms with Crippen LogP contribution in [0.1, 0.15) is 31.9 Å². The quantitative estimate of drug-likeness (QED) is 0.800. The second-order valence-corrected chi connectivity index (χ2v) is 4.18. The molecule has 96 valence electrons. The van der Waals surface area contributed by atoms with Crippen molar-refractivity contribution in [3.05, 3.63) is 29.6 Å². The zero-order chi connectivity index (χ0) is 12.8. The minimum atomic E-state index is -0.276. The zero-order valence-electron chi connectivity index (χ0n) is 10.5. The van der Waals surface area contributed by atoms with Crippen LogP contribution in [0, 0.1) is 5.82 Å². The van der Waals surface area contributed by atoms with Gasteiger partial charge in [-0.05, 0) is 25.0 Å². The Morgan fingerprint density at radius 2 is 2.12 bits per heavy atom. The fourth-order valence-electron chi connectivity index (χ4n) is 1.96. The van der Waals surface area contributed by atoms with Gasteiger partial charge in [0.15, 0.2) is 0 Å². The third-order valence-corrected chi connectivity index (χ3v) is 2.69. The fourth-order valence-corrected chi connectivity index (χ4v) is 1.96. The van der Waals surface area contributed by atoms with Gasteiger partial charge in [0.2, 0.25) is 0 Å².